The van der Waals surface area contributed by atoms with Crippen LogP contribution >= 0.6 is 23.4 Å². The quantitative estimate of drug-likeness (QED) is 0.290. The van der Waals surface area contributed by atoms with E-state index in [1.165, 1.54) is 4.90 Å². The number of benzene rings is 1. The minimum atomic E-state index is -0.0137. The minimum absolute atomic E-state index is 0.0137. The van der Waals surface area contributed by atoms with E-state index in [0.29, 0.717) is 12.0 Å². The molecule has 0 heterocycles. The molecule has 0 unspecified atom stereocenters. The zero-order valence-corrected chi connectivity index (χ0v) is 14.8. The van der Waals surface area contributed by atoms with Gasteiger partial charge in [-0.15, -0.1) is 11.8 Å². The fraction of sp³-hybridized carbons (Fsp3) is 0.500. The molecule has 0 spiro atoms. The van der Waals surface area contributed by atoms with E-state index < -0.39 is 0 Å². The molecular weight excluding hydrogens is 332 g/mol. The van der Waals surface area contributed by atoms with Crippen LogP contribution in [0.4, 0.5) is 0 Å². The first kappa shape index (κ1) is 17.9. The summed E-state index contributed by atoms with van der Waals surface area (Å²) in [6.45, 7) is 3.70. The molecule has 0 radical (unpaired) electrons. The normalized spacial score (nSPS) is 14.4. The predicted molar refractivity (Wildman–Crippen MR) is 97.3 cm³/mol. The third kappa shape index (κ3) is 7.61. The maximum Gasteiger partial charge on any atom is 0.242 e. The van der Waals surface area contributed by atoms with Crippen LogP contribution in [0, 0.1) is 0 Å². The third-order valence-corrected chi connectivity index (χ3v) is 4.41. The van der Waals surface area contributed by atoms with Crippen molar-refractivity contribution in [3.63, 3.8) is 0 Å². The highest BCUT2D eigenvalue weighted by molar-refractivity contribution is 7.99. The molecule has 0 aliphatic heterocycles. The molecule has 1 aliphatic carbocycles. The number of hydrogen-bond donors (Lipinski definition) is 3. The van der Waals surface area contributed by atoms with Gasteiger partial charge in [-0.25, -0.2) is 4.99 Å². The van der Waals surface area contributed by atoms with E-state index in [2.05, 4.69) is 20.9 Å². The van der Waals surface area contributed by atoms with Crippen LogP contribution in [0.2, 0.25) is 5.02 Å². The Labute approximate surface area is 146 Å². The van der Waals surface area contributed by atoms with E-state index in [1.54, 1.807) is 11.8 Å². The van der Waals surface area contributed by atoms with E-state index in [-0.39, 0.29) is 12.5 Å². The van der Waals surface area contributed by atoms with Crippen LogP contribution < -0.4 is 16.0 Å². The van der Waals surface area contributed by atoms with E-state index in [1.807, 2.05) is 31.2 Å². The Hall–Kier alpha value is -1.40. The maximum absolute atomic E-state index is 11.7. The zero-order valence-electron chi connectivity index (χ0n) is 13.3. The van der Waals surface area contributed by atoms with Gasteiger partial charge >= 0.3 is 0 Å². The van der Waals surface area contributed by atoms with Crippen LogP contribution in [0.1, 0.15) is 19.8 Å². The Morgan fingerprint density at radius 1 is 1.30 bits per heavy atom. The Balaban J connectivity index is 1.68. The summed E-state index contributed by atoms with van der Waals surface area (Å²) < 4.78 is 0. The molecule has 1 fully saturated rings. The highest BCUT2D eigenvalue weighted by atomic mass is 35.5. The fourth-order valence-electron chi connectivity index (χ4n) is 1.86. The van der Waals surface area contributed by atoms with Gasteiger partial charge in [-0.1, -0.05) is 11.6 Å². The summed E-state index contributed by atoms with van der Waals surface area (Å²) in [5.74, 6) is 1.57. The molecule has 0 saturated heterocycles. The summed E-state index contributed by atoms with van der Waals surface area (Å²) in [6.07, 6.45) is 2.19. The number of hydrogen-bond acceptors (Lipinski definition) is 3. The predicted octanol–water partition coefficient (Wildman–Crippen LogP) is 2.27. The van der Waals surface area contributed by atoms with Gasteiger partial charge in [0, 0.05) is 34.8 Å². The lowest BCUT2D eigenvalue weighted by molar-refractivity contribution is -0.119. The van der Waals surface area contributed by atoms with Crippen LogP contribution in [0.15, 0.2) is 34.2 Å². The zero-order chi connectivity index (χ0) is 16.5. The van der Waals surface area contributed by atoms with Gasteiger partial charge in [0.15, 0.2) is 5.96 Å². The van der Waals surface area contributed by atoms with Crippen molar-refractivity contribution >= 4 is 35.2 Å². The van der Waals surface area contributed by atoms with Gasteiger partial charge in [0.05, 0.1) is 0 Å². The van der Waals surface area contributed by atoms with Crippen LogP contribution in [0.25, 0.3) is 0 Å². The largest absolute Gasteiger partial charge is 0.357 e. The molecule has 5 nitrogen and oxygen atoms in total. The van der Waals surface area contributed by atoms with Crippen LogP contribution in [0.3, 0.4) is 0 Å². The molecular formula is C16H23ClN4OS. The molecule has 1 saturated carbocycles. The van der Waals surface area contributed by atoms with Crippen molar-refractivity contribution in [2.45, 2.75) is 30.7 Å². The van der Waals surface area contributed by atoms with Crippen LogP contribution in [-0.4, -0.2) is 43.3 Å². The monoisotopic (exact) mass is 354 g/mol. The third-order valence-electron chi connectivity index (χ3n) is 3.14. The number of rotatable bonds is 8. The lowest BCUT2D eigenvalue weighted by Crippen LogP contribution is -2.39. The van der Waals surface area contributed by atoms with Crippen molar-refractivity contribution in [1.29, 1.82) is 0 Å². The molecule has 1 aromatic rings. The Kier molecular flexibility index (Phi) is 7.55. The summed E-state index contributed by atoms with van der Waals surface area (Å²) in [5.41, 5.74) is 0. The highest BCUT2D eigenvalue weighted by Gasteiger charge is 2.22. The second kappa shape index (κ2) is 9.67. The molecule has 2 rings (SSSR count). The summed E-state index contributed by atoms with van der Waals surface area (Å²) in [5, 5.41) is 10.1. The number of guanidine groups is 1. The molecule has 0 atom stereocenters. The van der Waals surface area contributed by atoms with Crippen molar-refractivity contribution in [2.75, 3.05) is 25.4 Å². The van der Waals surface area contributed by atoms with Gasteiger partial charge < -0.3 is 16.0 Å². The summed E-state index contributed by atoms with van der Waals surface area (Å²) in [7, 11) is 0. The topological polar surface area (TPSA) is 65.5 Å². The number of carbonyl (C=O) groups excluding carboxylic acids is 1. The summed E-state index contributed by atoms with van der Waals surface area (Å²) in [6, 6.07) is 8.18. The number of nitrogens with one attached hydrogen (secondary N) is 3. The van der Waals surface area contributed by atoms with Crippen molar-refractivity contribution in [1.82, 2.24) is 16.0 Å². The number of amides is 1. The minimum Gasteiger partial charge on any atom is -0.357 e. The average Bonchev–Trinajstić information content (AvgIpc) is 3.34. The summed E-state index contributed by atoms with van der Waals surface area (Å²) in [4.78, 5) is 17.1. The lowest BCUT2D eigenvalue weighted by atomic mass is 10.4. The number of halogens is 1. The summed E-state index contributed by atoms with van der Waals surface area (Å²) >= 11 is 7.61. The van der Waals surface area contributed by atoms with Crippen molar-refractivity contribution in [2.24, 2.45) is 4.99 Å². The molecule has 0 aromatic heterocycles. The van der Waals surface area contributed by atoms with Crippen molar-refractivity contribution in [3.8, 4) is 0 Å². The molecule has 1 aromatic carbocycles. The standard InChI is InChI=1S/C16H23ClN4OS/c1-2-18-16(20-11-15(22)21-13-5-6-13)19-9-10-23-14-7-3-12(17)4-8-14/h3-4,7-8,13H,2,5-6,9-11H2,1H3,(H,21,22)(H2,18,19,20). The Morgan fingerprint density at radius 2 is 2.04 bits per heavy atom. The molecule has 23 heavy (non-hydrogen) atoms. The number of nitrogens with zero attached hydrogens (tertiary/aromatic N) is 1. The second-order valence-corrected chi connectivity index (χ2v) is 6.87. The molecule has 1 aliphatic rings. The maximum atomic E-state index is 11.7. The average molecular weight is 355 g/mol. The van der Waals surface area contributed by atoms with Crippen molar-refractivity contribution in [3.05, 3.63) is 29.3 Å². The van der Waals surface area contributed by atoms with Gasteiger partial charge in [-0.2, -0.15) is 0 Å². The number of carbonyl (C=O) groups is 1. The molecule has 3 N–H and O–H groups in total. The fourth-order valence-corrected chi connectivity index (χ4v) is 2.76. The van der Waals surface area contributed by atoms with Gasteiger partial charge in [0.2, 0.25) is 5.91 Å². The first-order valence-corrected chi connectivity index (χ1v) is 9.23. The Morgan fingerprint density at radius 3 is 2.70 bits per heavy atom. The van der Waals surface area contributed by atoms with E-state index in [0.717, 1.165) is 36.7 Å². The molecule has 0 bridgehead atoms. The van der Waals surface area contributed by atoms with E-state index >= 15 is 0 Å². The number of thioether (sulfide) groups is 1. The van der Waals surface area contributed by atoms with Gasteiger partial charge in [-0.3, -0.25) is 4.79 Å². The van der Waals surface area contributed by atoms with Crippen molar-refractivity contribution < 1.29 is 4.79 Å². The molecule has 7 heteroatoms. The second-order valence-electron chi connectivity index (χ2n) is 5.27. The lowest BCUT2D eigenvalue weighted by Gasteiger charge is -2.11. The SMILES string of the molecule is CCNC(=NCC(=O)NC1CC1)NCCSc1ccc(Cl)cc1. The van der Waals surface area contributed by atoms with E-state index in [9.17, 15) is 4.79 Å². The van der Waals surface area contributed by atoms with Gasteiger partial charge in [0.1, 0.15) is 6.54 Å². The Bertz CT molecular complexity index is 531. The smallest absolute Gasteiger partial charge is 0.242 e. The van der Waals surface area contributed by atoms with Gasteiger partial charge in [0.25, 0.3) is 0 Å². The molecule has 1 amide bonds. The van der Waals surface area contributed by atoms with Gasteiger partial charge in [-0.05, 0) is 44.0 Å². The number of aliphatic imine (C=N–C) groups is 1. The van der Waals surface area contributed by atoms with E-state index in [4.69, 9.17) is 11.6 Å². The first-order valence-electron chi connectivity index (χ1n) is 7.87. The van der Waals surface area contributed by atoms with Crippen LogP contribution in [0.5, 0.6) is 0 Å². The first-order chi connectivity index (χ1) is 11.2. The highest BCUT2D eigenvalue weighted by Crippen LogP contribution is 2.19. The molecule has 126 valence electrons. The van der Waals surface area contributed by atoms with Crippen LogP contribution in [-0.2, 0) is 4.79 Å².